The van der Waals surface area contributed by atoms with Crippen LogP contribution < -0.4 is 5.32 Å². The third-order valence-electron chi connectivity index (χ3n) is 4.47. The van der Waals surface area contributed by atoms with E-state index in [1.165, 1.54) is 6.07 Å². The summed E-state index contributed by atoms with van der Waals surface area (Å²) in [6.45, 7) is 0.587. The van der Waals surface area contributed by atoms with Crippen molar-refractivity contribution in [2.75, 3.05) is 0 Å². The zero-order chi connectivity index (χ0) is 16.2. The lowest BCUT2D eigenvalue weighted by atomic mass is 9.86. The van der Waals surface area contributed by atoms with Crippen LogP contribution in [0.2, 0.25) is 0 Å². The number of aromatic nitrogens is 2. The van der Waals surface area contributed by atoms with E-state index < -0.39 is 5.97 Å². The molecule has 5 nitrogen and oxygen atoms in total. The topological polar surface area (TPSA) is 67.2 Å². The summed E-state index contributed by atoms with van der Waals surface area (Å²) in [6, 6.07) is 5.48. The van der Waals surface area contributed by atoms with Crippen molar-refractivity contribution in [3.8, 4) is 5.69 Å². The van der Waals surface area contributed by atoms with Crippen LogP contribution >= 0.6 is 0 Å². The monoisotopic (exact) mass is 317 g/mol. The number of carbonyl (C=O) groups is 1. The zero-order valence-electron chi connectivity index (χ0n) is 12.8. The van der Waals surface area contributed by atoms with E-state index in [0.717, 1.165) is 18.4 Å². The van der Waals surface area contributed by atoms with Gasteiger partial charge in [0, 0.05) is 25.0 Å². The minimum atomic E-state index is -0.694. The Hall–Kier alpha value is -2.21. The number of benzene rings is 1. The molecule has 3 rings (SSSR count). The number of halogens is 1. The number of carboxylic acid groups (broad SMARTS) is 1. The lowest BCUT2D eigenvalue weighted by molar-refractivity contribution is -0.142. The van der Waals surface area contributed by atoms with Gasteiger partial charge >= 0.3 is 5.97 Å². The summed E-state index contributed by atoms with van der Waals surface area (Å²) in [5.41, 5.74) is 1.36. The maximum atomic E-state index is 14.2. The molecule has 6 heteroatoms. The van der Waals surface area contributed by atoms with Crippen molar-refractivity contribution in [2.24, 2.45) is 5.92 Å². The van der Waals surface area contributed by atoms with E-state index in [9.17, 15) is 9.18 Å². The van der Waals surface area contributed by atoms with Crippen molar-refractivity contribution in [1.82, 2.24) is 14.9 Å². The van der Waals surface area contributed by atoms with E-state index in [2.05, 4.69) is 10.3 Å². The minimum absolute atomic E-state index is 0.208. The van der Waals surface area contributed by atoms with E-state index in [-0.39, 0.29) is 11.7 Å². The quantitative estimate of drug-likeness (QED) is 0.890. The van der Waals surface area contributed by atoms with Crippen molar-refractivity contribution >= 4 is 5.97 Å². The second-order valence-electron chi connectivity index (χ2n) is 6.02. The molecule has 0 radical (unpaired) electrons. The van der Waals surface area contributed by atoms with Gasteiger partial charge in [-0.15, -0.1) is 0 Å². The molecule has 1 aliphatic carbocycles. The Bertz CT molecular complexity index is 664. The van der Waals surface area contributed by atoms with Crippen LogP contribution in [0.4, 0.5) is 4.39 Å². The molecule has 1 heterocycles. The predicted molar refractivity (Wildman–Crippen MR) is 83.7 cm³/mol. The highest BCUT2D eigenvalue weighted by molar-refractivity contribution is 5.70. The van der Waals surface area contributed by atoms with Gasteiger partial charge in [0.2, 0.25) is 0 Å². The van der Waals surface area contributed by atoms with Crippen molar-refractivity contribution in [1.29, 1.82) is 0 Å². The van der Waals surface area contributed by atoms with Gasteiger partial charge in [-0.3, -0.25) is 4.79 Å². The lowest BCUT2D eigenvalue weighted by Gasteiger charge is -2.27. The molecule has 1 fully saturated rings. The maximum absolute atomic E-state index is 14.2. The largest absolute Gasteiger partial charge is 0.481 e. The second-order valence-corrected chi connectivity index (χ2v) is 6.02. The van der Waals surface area contributed by atoms with Gasteiger partial charge in [0.05, 0.1) is 17.9 Å². The highest BCUT2D eigenvalue weighted by atomic mass is 19.1. The molecule has 0 aliphatic heterocycles. The van der Waals surface area contributed by atoms with Crippen molar-refractivity contribution < 1.29 is 14.3 Å². The van der Waals surface area contributed by atoms with Crippen LogP contribution in [0.1, 0.15) is 31.2 Å². The summed E-state index contributed by atoms with van der Waals surface area (Å²) in [7, 11) is 0. The number of aliphatic carboxylic acids is 1. The number of hydrogen-bond donors (Lipinski definition) is 2. The molecular weight excluding hydrogens is 297 g/mol. The van der Waals surface area contributed by atoms with Crippen LogP contribution in [0, 0.1) is 11.7 Å². The van der Waals surface area contributed by atoms with Crippen LogP contribution in [-0.2, 0) is 11.3 Å². The van der Waals surface area contributed by atoms with Gasteiger partial charge in [0.15, 0.2) is 0 Å². The van der Waals surface area contributed by atoms with Gasteiger partial charge in [-0.25, -0.2) is 9.37 Å². The van der Waals surface area contributed by atoms with E-state index in [0.29, 0.717) is 31.1 Å². The van der Waals surface area contributed by atoms with Gasteiger partial charge in [0.25, 0.3) is 0 Å². The summed E-state index contributed by atoms with van der Waals surface area (Å²) < 4.78 is 15.8. The highest BCUT2D eigenvalue weighted by Crippen LogP contribution is 2.24. The van der Waals surface area contributed by atoms with E-state index in [1.807, 2.05) is 6.07 Å². The number of nitrogens with zero attached hydrogens (tertiary/aromatic N) is 2. The molecule has 1 saturated carbocycles. The molecule has 122 valence electrons. The second kappa shape index (κ2) is 6.91. The SMILES string of the molecule is O=C(O)C1CCC(NCc2ccc(-n3ccnc3)c(F)c2)CC1. The molecule has 1 aromatic carbocycles. The van der Waals surface area contributed by atoms with Gasteiger partial charge in [0.1, 0.15) is 5.82 Å². The molecule has 0 spiro atoms. The van der Waals surface area contributed by atoms with E-state index in [1.54, 1.807) is 29.4 Å². The Morgan fingerprint density at radius 1 is 1.35 bits per heavy atom. The molecule has 0 amide bonds. The molecule has 0 atom stereocenters. The average Bonchev–Trinajstić information content (AvgIpc) is 3.07. The standard InChI is InChI=1S/C17H20FN3O2/c18-15-9-12(1-6-16(15)21-8-7-19-11-21)10-20-14-4-2-13(3-5-14)17(22)23/h1,6-9,11,13-14,20H,2-5,10H2,(H,22,23). The summed E-state index contributed by atoms with van der Waals surface area (Å²) in [5, 5.41) is 12.4. The van der Waals surface area contributed by atoms with Crippen LogP contribution in [0.25, 0.3) is 5.69 Å². The average molecular weight is 317 g/mol. The highest BCUT2D eigenvalue weighted by Gasteiger charge is 2.25. The number of hydrogen-bond acceptors (Lipinski definition) is 3. The first-order valence-electron chi connectivity index (χ1n) is 7.86. The molecule has 0 saturated heterocycles. The first-order chi connectivity index (χ1) is 11.1. The van der Waals surface area contributed by atoms with E-state index >= 15 is 0 Å². The van der Waals surface area contributed by atoms with Gasteiger partial charge in [-0.05, 0) is 43.4 Å². The zero-order valence-corrected chi connectivity index (χ0v) is 12.8. The number of rotatable bonds is 5. The van der Waals surface area contributed by atoms with Gasteiger partial charge in [-0.2, -0.15) is 0 Å². The molecule has 23 heavy (non-hydrogen) atoms. The molecule has 0 unspecified atom stereocenters. The molecule has 0 bridgehead atoms. The lowest BCUT2D eigenvalue weighted by Crippen LogP contribution is -2.34. The Labute approximate surface area is 134 Å². The summed E-state index contributed by atoms with van der Waals surface area (Å²) in [4.78, 5) is 14.9. The van der Waals surface area contributed by atoms with Crippen LogP contribution in [0.5, 0.6) is 0 Å². The number of imidazole rings is 1. The van der Waals surface area contributed by atoms with Crippen LogP contribution in [-0.4, -0.2) is 26.7 Å². The number of carboxylic acids is 1. The molecule has 1 aliphatic rings. The molecule has 2 N–H and O–H groups in total. The van der Waals surface area contributed by atoms with Crippen molar-refractivity contribution in [3.63, 3.8) is 0 Å². The van der Waals surface area contributed by atoms with E-state index in [4.69, 9.17) is 5.11 Å². The summed E-state index contributed by atoms with van der Waals surface area (Å²) in [5.74, 6) is -1.18. The molecular formula is C17H20FN3O2. The molecule has 2 aromatic rings. The third-order valence-corrected chi connectivity index (χ3v) is 4.47. The normalized spacial score (nSPS) is 21.3. The molecule has 1 aromatic heterocycles. The Balaban J connectivity index is 1.55. The Kier molecular flexibility index (Phi) is 4.71. The van der Waals surface area contributed by atoms with Crippen molar-refractivity contribution in [2.45, 2.75) is 38.3 Å². The summed E-state index contributed by atoms with van der Waals surface area (Å²) >= 11 is 0. The maximum Gasteiger partial charge on any atom is 0.306 e. The Morgan fingerprint density at radius 2 is 2.13 bits per heavy atom. The third kappa shape index (κ3) is 3.76. The minimum Gasteiger partial charge on any atom is -0.481 e. The van der Waals surface area contributed by atoms with Crippen LogP contribution in [0.3, 0.4) is 0 Å². The van der Waals surface area contributed by atoms with Crippen LogP contribution in [0.15, 0.2) is 36.9 Å². The Morgan fingerprint density at radius 3 is 2.74 bits per heavy atom. The fourth-order valence-electron chi connectivity index (χ4n) is 3.08. The predicted octanol–water partition coefficient (Wildman–Crippen LogP) is 2.74. The van der Waals surface area contributed by atoms with Gasteiger partial charge < -0.3 is 15.0 Å². The van der Waals surface area contributed by atoms with Gasteiger partial charge in [-0.1, -0.05) is 6.07 Å². The van der Waals surface area contributed by atoms with Crippen molar-refractivity contribution in [3.05, 3.63) is 48.3 Å². The first-order valence-corrected chi connectivity index (χ1v) is 7.86. The fourth-order valence-corrected chi connectivity index (χ4v) is 3.08. The fraction of sp³-hybridized carbons (Fsp3) is 0.412. The number of nitrogens with one attached hydrogen (secondary N) is 1. The first kappa shape index (κ1) is 15.7. The summed E-state index contributed by atoms with van der Waals surface area (Å²) in [6.07, 6.45) is 8.01. The smallest absolute Gasteiger partial charge is 0.306 e.